The lowest BCUT2D eigenvalue weighted by Gasteiger charge is -2.39. The van der Waals surface area contributed by atoms with Gasteiger partial charge in [0, 0.05) is 37.1 Å². The molecule has 0 radical (unpaired) electrons. The predicted molar refractivity (Wildman–Crippen MR) is 146 cm³/mol. The molecule has 0 saturated carbocycles. The Labute approximate surface area is 227 Å². The Morgan fingerprint density at radius 2 is 1.66 bits per heavy atom. The first-order valence-electron chi connectivity index (χ1n) is 11.8. The van der Waals surface area contributed by atoms with E-state index in [-0.39, 0.29) is 17.5 Å². The van der Waals surface area contributed by atoms with Gasteiger partial charge in [0.05, 0.1) is 27.8 Å². The van der Waals surface area contributed by atoms with Crippen molar-refractivity contribution in [3.63, 3.8) is 0 Å². The molecule has 1 aromatic heterocycles. The second-order valence-corrected chi connectivity index (χ2v) is 9.73. The maximum atomic E-state index is 13.5. The number of carbonyl (C=O) groups excluding carboxylic acids is 1. The highest BCUT2D eigenvalue weighted by atomic mass is 35.5. The number of benzene rings is 3. The van der Waals surface area contributed by atoms with Crippen LogP contribution >= 0.6 is 23.2 Å². The number of hydrogen-bond donors (Lipinski definition) is 1. The summed E-state index contributed by atoms with van der Waals surface area (Å²) in [5.74, 6) is -0.615. The van der Waals surface area contributed by atoms with Crippen LogP contribution in [0.5, 0.6) is 0 Å². The molecule has 1 aliphatic heterocycles. The second-order valence-electron chi connectivity index (χ2n) is 8.91. The first-order valence-corrected chi connectivity index (χ1v) is 12.6. The van der Waals surface area contributed by atoms with Crippen LogP contribution in [0.4, 0.5) is 15.8 Å². The number of fused-ring (bicyclic) bond motifs is 1. The van der Waals surface area contributed by atoms with E-state index in [1.807, 2.05) is 4.90 Å². The van der Waals surface area contributed by atoms with Gasteiger partial charge in [-0.05, 0) is 42.0 Å². The van der Waals surface area contributed by atoms with Crippen LogP contribution in [0.15, 0.2) is 71.5 Å². The number of nitrogens with zero attached hydrogens (tertiary/aromatic N) is 4. The van der Waals surface area contributed by atoms with Gasteiger partial charge >= 0.3 is 0 Å². The van der Waals surface area contributed by atoms with Crippen molar-refractivity contribution < 1.29 is 14.4 Å². The number of pyridine rings is 1. The molecule has 11 heteroatoms. The van der Waals surface area contributed by atoms with E-state index in [2.05, 4.69) is 0 Å². The van der Waals surface area contributed by atoms with Crippen LogP contribution in [0, 0.1) is 11.0 Å². The van der Waals surface area contributed by atoms with Crippen molar-refractivity contribution in [3.05, 3.63) is 109 Å². The number of halogens is 3. The minimum absolute atomic E-state index is 0.0761. The van der Waals surface area contributed by atoms with Gasteiger partial charge in [0.25, 0.3) is 11.5 Å². The monoisotopic (exact) mass is 555 g/mol. The van der Waals surface area contributed by atoms with Crippen LogP contribution < -0.4 is 15.7 Å². The van der Waals surface area contributed by atoms with Crippen molar-refractivity contribution in [2.45, 2.75) is 6.54 Å². The van der Waals surface area contributed by atoms with Crippen LogP contribution in [-0.2, 0) is 6.54 Å². The maximum absolute atomic E-state index is 13.5. The van der Waals surface area contributed by atoms with E-state index in [1.54, 1.807) is 53.4 Å². The molecular weight excluding hydrogens is 534 g/mol. The van der Waals surface area contributed by atoms with Crippen molar-refractivity contribution in [1.82, 2.24) is 9.47 Å². The van der Waals surface area contributed by atoms with Gasteiger partial charge in [-0.25, -0.2) is 4.39 Å². The van der Waals surface area contributed by atoms with Crippen molar-refractivity contribution in [1.29, 1.82) is 0 Å². The lowest BCUT2D eigenvalue weighted by molar-refractivity contribution is 0.0747. The van der Waals surface area contributed by atoms with Crippen molar-refractivity contribution in [2.24, 2.45) is 0 Å². The molecule has 1 amide bonds. The number of carbonyl (C=O) groups is 1. The predicted octanol–water partition coefficient (Wildman–Crippen LogP) is 5.15. The fourth-order valence-electron chi connectivity index (χ4n) is 4.74. The smallest absolute Gasteiger partial charge is 0.278 e. The zero-order valence-electron chi connectivity index (χ0n) is 20.0. The fraction of sp³-hybridized carbons (Fsp3) is 0.185. The molecule has 0 unspecified atom stereocenters. The summed E-state index contributed by atoms with van der Waals surface area (Å²) in [5.41, 5.74) is 0.799. The number of anilines is 2. The summed E-state index contributed by atoms with van der Waals surface area (Å²) in [6, 6.07) is 17.5. The molecule has 38 heavy (non-hydrogen) atoms. The number of para-hydroxylation sites is 1. The average Bonchev–Trinajstić information content (AvgIpc) is 2.92. The molecular formula is C27H22Cl2FN4O4-. The Balaban J connectivity index is 1.49. The van der Waals surface area contributed by atoms with Gasteiger partial charge in [-0.3, -0.25) is 14.8 Å². The average molecular weight is 556 g/mol. The Morgan fingerprint density at radius 3 is 2.32 bits per heavy atom. The third kappa shape index (κ3) is 4.93. The van der Waals surface area contributed by atoms with E-state index in [1.165, 1.54) is 22.8 Å². The molecule has 1 fully saturated rings. The standard InChI is InChI=1S/C27H22Cl2FN4O4/c28-21-10-7-18(15-22(21)29)26(35)32-13-11-31(12-14-32)24-20-3-1-2-4-23(20)33(27(36)25(24)34(37)38)16-17-5-8-19(30)9-6-17/h1-10,15,37H,11-14,16H2/q-1. The van der Waals surface area contributed by atoms with Crippen LogP contribution in [0.2, 0.25) is 10.0 Å². The summed E-state index contributed by atoms with van der Waals surface area (Å²) >= 11 is 12.0. The molecule has 1 aliphatic rings. The highest BCUT2D eigenvalue weighted by Gasteiger charge is 2.28. The summed E-state index contributed by atoms with van der Waals surface area (Å²) in [6.07, 6.45) is 0. The highest BCUT2D eigenvalue weighted by molar-refractivity contribution is 6.42. The normalized spacial score (nSPS) is 13.7. The van der Waals surface area contributed by atoms with E-state index in [0.717, 1.165) is 0 Å². The minimum atomic E-state index is -0.685. The lowest BCUT2D eigenvalue weighted by atomic mass is 10.1. The van der Waals surface area contributed by atoms with Gasteiger partial charge < -0.3 is 24.8 Å². The molecule has 0 atom stereocenters. The molecule has 0 spiro atoms. The molecule has 2 heterocycles. The van der Waals surface area contributed by atoms with Crippen molar-refractivity contribution >= 4 is 51.4 Å². The Bertz CT molecular complexity index is 1570. The molecule has 1 saturated heterocycles. The number of hydrogen-bond acceptors (Lipinski definition) is 6. The SMILES string of the molecule is O=C(c1ccc(Cl)c(Cl)c1)N1CCN(c2c(N([O-])O)c(=O)n(Cc3ccc(F)cc3)c3ccccc23)CC1. The molecule has 8 nitrogen and oxygen atoms in total. The summed E-state index contributed by atoms with van der Waals surface area (Å²) < 4.78 is 14.8. The molecule has 196 valence electrons. The highest BCUT2D eigenvalue weighted by Crippen LogP contribution is 2.35. The van der Waals surface area contributed by atoms with Crippen LogP contribution in [0.1, 0.15) is 15.9 Å². The van der Waals surface area contributed by atoms with Crippen molar-refractivity contribution in [2.75, 3.05) is 36.3 Å². The molecule has 0 bridgehead atoms. The lowest BCUT2D eigenvalue weighted by Crippen LogP contribution is -2.49. The summed E-state index contributed by atoms with van der Waals surface area (Å²) in [7, 11) is 0. The molecule has 4 aromatic rings. The Hall–Kier alpha value is -3.63. The van der Waals surface area contributed by atoms with Crippen LogP contribution in [0.3, 0.4) is 0 Å². The largest absolute Gasteiger partial charge is 0.733 e. The van der Waals surface area contributed by atoms with Gasteiger partial charge in [0.2, 0.25) is 0 Å². The van der Waals surface area contributed by atoms with E-state index < -0.39 is 22.3 Å². The van der Waals surface area contributed by atoms with Gasteiger partial charge in [-0.1, -0.05) is 53.5 Å². The number of aromatic nitrogens is 1. The van der Waals surface area contributed by atoms with E-state index in [9.17, 15) is 24.4 Å². The van der Waals surface area contributed by atoms with Gasteiger partial charge in [0.15, 0.2) is 0 Å². The molecule has 1 N–H and O–H groups in total. The zero-order chi connectivity index (χ0) is 27.0. The molecule has 3 aromatic carbocycles. The molecule has 5 rings (SSSR count). The maximum Gasteiger partial charge on any atom is 0.278 e. The fourth-order valence-corrected chi connectivity index (χ4v) is 5.04. The molecule has 0 aliphatic carbocycles. The van der Waals surface area contributed by atoms with Gasteiger partial charge in [-0.2, -0.15) is 0 Å². The topological polar surface area (TPSA) is 92.1 Å². The summed E-state index contributed by atoms with van der Waals surface area (Å²) in [5, 5.41) is 23.2. The van der Waals surface area contributed by atoms with Crippen LogP contribution in [-0.4, -0.2) is 46.8 Å². The quantitative estimate of drug-likeness (QED) is 0.342. The summed E-state index contributed by atoms with van der Waals surface area (Å²) in [6.45, 7) is 1.34. The number of amides is 1. The van der Waals surface area contributed by atoms with Gasteiger partial charge in [-0.15, -0.1) is 0 Å². The van der Waals surface area contributed by atoms with E-state index >= 15 is 0 Å². The van der Waals surface area contributed by atoms with E-state index in [4.69, 9.17) is 23.2 Å². The third-order valence-corrected chi connectivity index (χ3v) is 7.36. The first-order chi connectivity index (χ1) is 18.2. The number of piperazine rings is 1. The summed E-state index contributed by atoms with van der Waals surface area (Å²) in [4.78, 5) is 30.0. The number of rotatable bonds is 5. The minimum Gasteiger partial charge on any atom is -0.733 e. The zero-order valence-corrected chi connectivity index (χ0v) is 21.5. The third-order valence-electron chi connectivity index (χ3n) is 6.62. The van der Waals surface area contributed by atoms with E-state index in [0.29, 0.717) is 58.9 Å². The second kappa shape index (κ2) is 10.6. The van der Waals surface area contributed by atoms with Gasteiger partial charge in [0.1, 0.15) is 11.5 Å². The van der Waals surface area contributed by atoms with Crippen molar-refractivity contribution in [3.8, 4) is 0 Å². The first kappa shape index (κ1) is 26.0. The van der Waals surface area contributed by atoms with Crippen LogP contribution in [0.25, 0.3) is 10.9 Å². The Morgan fingerprint density at radius 1 is 0.974 bits per heavy atom. The Kier molecular flexibility index (Phi) is 7.27.